The standard InChI is InChI=1S/C19H19ClN8O3S2/c1-12-9-14(7-8-17(12)25-13(2)29)33(30,31)24-11-22-21-10-23-27-19-28-26-18(32-19)15-5-3-4-6-16(15)20/h3-11H,1-2H3,(H,21,23)(H,22,24)(H,25,29)(H,27,28). The lowest BCUT2D eigenvalue weighted by Gasteiger charge is -2.07. The maximum atomic E-state index is 12.3. The van der Waals surface area contributed by atoms with E-state index < -0.39 is 10.0 Å². The van der Waals surface area contributed by atoms with Crippen LogP contribution in [0.4, 0.5) is 10.8 Å². The summed E-state index contributed by atoms with van der Waals surface area (Å²) < 4.78 is 28.2. The molecule has 14 heteroatoms. The zero-order chi connectivity index (χ0) is 23.8. The predicted octanol–water partition coefficient (Wildman–Crippen LogP) is 2.99. The number of amides is 1. The molecule has 3 aromatic rings. The van der Waals surface area contributed by atoms with Crippen LogP contribution in [0.2, 0.25) is 5.02 Å². The van der Waals surface area contributed by atoms with E-state index in [0.29, 0.717) is 26.4 Å². The second kappa shape index (κ2) is 10.8. The molecule has 0 fully saturated rings. The Labute approximate surface area is 199 Å². The molecule has 0 aliphatic carbocycles. The van der Waals surface area contributed by atoms with E-state index >= 15 is 0 Å². The van der Waals surface area contributed by atoms with Crippen molar-refractivity contribution in [1.29, 1.82) is 0 Å². The number of hydrogen-bond donors (Lipinski definition) is 4. The molecule has 172 valence electrons. The van der Waals surface area contributed by atoms with Gasteiger partial charge in [-0.2, -0.15) is 13.5 Å². The third kappa shape index (κ3) is 6.71. The molecule has 4 N–H and O–H groups in total. The lowest BCUT2D eigenvalue weighted by atomic mass is 10.2. The lowest BCUT2D eigenvalue weighted by molar-refractivity contribution is -0.114. The van der Waals surface area contributed by atoms with Crippen LogP contribution in [-0.2, 0) is 14.8 Å². The van der Waals surface area contributed by atoms with E-state index in [1.54, 1.807) is 13.0 Å². The van der Waals surface area contributed by atoms with Crippen LogP contribution in [0.5, 0.6) is 0 Å². The number of hydrazone groups is 1. The minimum Gasteiger partial charge on any atom is -0.326 e. The van der Waals surface area contributed by atoms with E-state index in [-0.39, 0.29) is 10.8 Å². The first-order valence-corrected chi connectivity index (χ1v) is 11.9. The van der Waals surface area contributed by atoms with E-state index in [1.165, 1.54) is 42.8 Å². The molecule has 0 saturated heterocycles. The number of hydrazine groups is 1. The number of nitrogens with one attached hydrogen (secondary N) is 4. The van der Waals surface area contributed by atoms with Gasteiger partial charge in [0.05, 0.1) is 9.92 Å². The monoisotopic (exact) mass is 506 g/mol. The van der Waals surface area contributed by atoms with Gasteiger partial charge in [0.1, 0.15) is 12.7 Å². The summed E-state index contributed by atoms with van der Waals surface area (Å²) in [5.41, 5.74) is 9.60. The minimum absolute atomic E-state index is 0.00641. The Hall–Kier alpha value is -3.55. The summed E-state index contributed by atoms with van der Waals surface area (Å²) in [6.07, 6.45) is 2.21. The fraction of sp³-hybridized carbons (Fsp3) is 0.105. The number of carbonyl (C=O) groups excluding carboxylic acids is 1. The normalized spacial score (nSPS) is 11.6. The van der Waals surface area contributed by atoms with Crippen molar-refractivity contribution in [2.75, 3.05) is 10.7 Å². The summed E-state index contributed by atoms with van der Waals surface area (Å²) in [4.78, 5) is 11.1. The predicted molar refractivity (Wildman–Crippen MR) is 130 cm³/mol. The average Bonchev–Trinajstić information content (AvgIpc) is 3.23. The molecule has 0 aliphatic heterocycles. The molecule has 0 unspecified atom stereocenters. The van der Waals surface area contributed by atoms with Gasteiger partial charge in [-0.15, -0.1) is 14.6 Å². The van der Waals surface area contributed by atoms with Gasteiger partial charge in [-0.05, 0) is 36.8 Å². The average molecular weight is 507 g/mol. The van der Waals surface area contributed by atoms with Crippen molar-refractivity contribution in [2.45, 2.75) is 18.7 Å². The van der Waals surface area contributed by atoms with Crippen LogP contribution in [0.1, 0.15) is 12.5 Å². The molecule has 1 amide bonds. The molecule has 11 nitrogen and oxygen atoms in total. The highest BCUT2D eigenvalue weighted by atomic mass is 35.5. The van der Waals surface area contributed by atoms with Gasteiger partial charge < -0.3 is 5.32 Å². The number of carbonyl (C=O) groups is 1. The van der Waals surface area contributed by atoms with Gasteiger partial charge >= 0.3 is 0 Å². The molecule has 0 saturated carbocycles. The van der Waals surface area contributed by atoms with Crippen LogP contribution >= 0.6 is 22.9 Å². The zero-order valence-corrected chi connectivity index (χ0v) is 19.8. The first-order chi connectivity index (χ1) is 15.8. The van der Waals surface area contributed by atoms with E-state index in [2.05, 4.69) is 41.3 Å². The number of hydrogen-bond acceptors (Lipinski definition) is 8. The Morgan fingerprint density at radius 2 is 1.88 bits per heavy atom. The second-order valence-corrected chi connectivity index (χ2v) is 9.44. The fourth-order valence-electron chi connectivity index (χ4n) is 2.49. The fourth-order valence-corrected chi connectivity index (χ4v) is 4.38. The maximum Gasteiger partial charge on any atom is 0.283 e. The number of rotatable bonds is 9. The van der Waals surface area contributed by atoms with Crippen molar-refractivity contribution in [2.24, 2.45) is 9.50 Å². The molecular formula is C19H19ClN8O3S2. The second-order valence-electron chi connectivity index (χ2n) is 6.42. The van der Waals surface area contributed by atoms with Crippen LogP contribution in [0.3, 0.4) is 0 Å². The third-order valence-electron chi connectivity index (χ3n) is 3.96. The number of halogens is 1. The molecule has 2 aromatic carbocycles. The first-order valence-electron chi connectivity index (χ1n) is 9.30. The maximum absolute atomic E-state index is 12.3. The quantitative estimate of drug-likeness (QED) is 0.150. The van der Waals surface area contributed by atoms with Crippen LogP contribution < -0.4 is 21.6 Å². The van der Waals surface area contributed by atoms with Gasteiger partial charge in [0, 0.05) is 18.2 Å². The van der Waals surface area contributed by atoms with Crippen LogP contribution in [0.25, 0.3) is 10.6 Å². The summed E-state index contributed by atoms with van der Waals surface area (Å²) >= 11 is 7.41. The zero-order valence-electron chi connectivity index (χ0n) is 17.4. The molecule has 1 aromatic heterocycles. The Bertz CT molecular complexity index is 1310. The number of aryl methyl sites for hydroxylation is 1. The Balaban J connectivity index is 1.49. The lowest BCUT2D eigenvalue weighted by Crippen LogP contribution is -2.29. The first kappa shape index (κ1) is 24.1. The van der Waals surface area contributed by atoms with Crippen molar-refractivity contribution in [1.82, 2.24) is 21.0 Å². The van der Waals surface area contributed by atoms with E-state index in [9.17, 15) is 13.2 Å². The number of aromatic nitrogens is 2. The Morgan fingerprint density at radius 3 is 2.61 bits per heavy atom. The molecule has 3 rings (SSSR count). The number of anilines is 2. The molecule has 0 bridgehead atoms. The molecule has 0 aliphatic rings. The molecular weight excluding hydrogens is 488 g/mol. The van der Waals surface area contributed by atoms with Crippen molar-refractivity contribution >= 4 is 62.4 Å². The Kier molecular flexibility index (Phi) is 7.92. The summed E-state index contributed by atoms with van der Waals surface area (Å²) in [6.45, 7) is 3.06. The molecule has 1 heterocycles. The molecule has 0 spiro atoms. The van der Waals surface area contributed by atoms with Gasteiger partial charge in [-0.3, -0.25) is 15.6 Å². The highest BCUT2D eigenvalue weighted by molar-refractivity contribution is 7.90. The van der Waals surface area contributed by atoms with Crippen molar-refractivity contribution in [3.8, 4) is 10.6 Å². The van der Waals surface area contributed by atoms with E-state index in [0.717, 1.165) is 11.9 Å². The topological polar surface area (TPSA) is 150 Å². The smallest absolute Gasteiger partial charge is 0.283 e. The SMILES string of the molecule is CC(=O)Nc1ccc(S(=O)(=O)/N=C/NN/C=N/Nc2nnc(-c3ccccc3Cl)s2)cc1C. The molecule has 0 atom stereocenters. The van der Waals surface area contributed by atoms with E-state index in [1.807, 2.05) is 18.2 Å². The van der Waals surface area contributed by atoms with Gasteiger partial charge in [0.15, 0.2) is 5.01 Å². The van der Waals surface area contributed by atoms with Crippen molar-refractivity contribution < 1.29 is 13.2 Å². The minimum atomic E-state index is -3.92. The van der Waals surface area contributed by atoms with Crippen molar-refractivity contribution in [3.05, 3.63) is 53.1 Å². The van der Waals surface area contributed by atoms with Crippen LogP contribution in [0, 0.1) is 6.92 Å². The van der Waals surface area contributed by atoms with E-state index in [4.69, 9.17) is 11.6 Å². The van der Waals surface area contributed by atoms with Gasteiger partial charge in [-0.25, -0.2) is 5.43 Å². The van der Waals surface area contributed by atoms with Gasteiger partial charge in [0.2, 0.25) is 11.0 Å². The van der Waals surface area contributed by atoms with Crippen LogP contribution in [-0.4, -0.2) is 37.2 Å². The number of sulfonamides is 1. The molecule has 0 radical (unpaired) electrons. The number of benzene rings is 2. The van der Waals surface area contributed by atoms with Crippen LogP contribution in [0.15, 0.2) is 56.9 Å². The van der Waals surface area contributed by atoms with Gasteiger partial charge in [0.25, 0.3) is 10.0 Å². The summed E-state index contributed by atoms with van der Waals surface area (Å²) in [7, 11) is -3.92. The highest BCUT2D eigenvalue weighted by Gasteiger charge is 2.13. The van der Waals surface area contributed by atoms with Gasteiger partial charge in [-0.1, -0.05) is 41.1 Å². The Morgan fingerprint density at radius 1 is 1.12 bits per heavy atom. The highest BCUT2D eigenvalue weighted by Crippen LogP contribution is 2.31. The summed E-state index contributed by atoms with van der Waals surface area (Å²) in [5.74, 6) is -0.245. The summed E-state index contributed by atoms with van der Waals surface area (Å²) in [6, 6.07) is 11.6. The third-order valence-corrected chi connectivity index (χ3v) is 6.39. The summed E-state index contributed by atoms with van der Waals surface area (Å²) in [5, 5.41) is 16.2. The van der Waals surface area contributed by atoms with Crippen molar-refractivity contribution in [3.63, 3.8) is 0 Å². The number of nitrogens with zero attached hydrogens (tertiary/aromatic N) is 4. The molecule has 33 heavy (non-hydrogen) atoms. The largest absolute Gasteiger partial charge is 0.326 e.